The molecule has 0 bridgehead atoms. The maximum Gasteiger partial charge on any atom is 0.138 e. The van der Waals surface area contributed by atoms with Gasteiger partial charge in [0.05, 0.1) is 16.7 Å². The summed E-state index contributed by atoms with van der Waals surface area (Å²) < 4.78 is 2.35. The van der Waals surface area contributed by atoms with Gasteiger partial charge in [-0.2, -0.15) is 0 Å². The highest BCUT2D eigenvalue weighted by Crippen LogP contribution is 2.50. The third-order valence-corrected chi connectivity index (χ3v) is 10.1. The summed E-state index contributed by atoms with van der Waals surface area (Å²) >= 11 is 0. The molecule has 0 atom stereocenters. The first-order valence-electron chi connectivity index (χ1n) is 15.4. The molecule has 0 saturated carbocycles. The van der Waals surface area contributed by atoms with Gasteiger partial charge in [-0.3, -0.25) is 4.57 Å². The molecule has 2 aromatic heterocycles. The fourth-order valence-electron chi connectivity index (χ4n) is 8.05. The van der Waals surface area contributed by atoms with E-state index < -0.39 is 0 Å². The molecule has 0 saturated heterocycles. The Balaban J connectivity index is 1.19. The lowest BCUT2D eigenvalue weighted by Gasteiger charge is -2.21. The second kappa shape index (κ2) is 8.33. The van der Waals surface area contributed by atoms with Gasteiger partial charge >= 0.3 is 0 Å². The Kier molecular flexibility index (Phi) is 4.55. The van der Waals surface area contributed by atoms with E-state index in [0.29, 0.717) is 0 Å². The van der Waals surface area contributed by atoms with Crippen molar-refractivity contribution >= 4 is 32.6 Å². The van der Waals surface area contributed by atoms with Crippen LogP contribution >= 0.6 is 0 Å². The van der Waals surface area contributed by atoms with Crippen molar-refractivity contribution in [3.05, 3.63) is 145 Å². The minimum absolute atomic E-state index is 0.0102. The standard InChI is InChI=1S/C42H28N2/c1-42(2)35-16-7-5-12-29(35)33-22-25(18-20-36(33)42)26-19-21-38-34(23-26)30-13-6-8-17-37(30)44(38)39-24-27-10-9-15-31-28-11-3-4-14-32(28)41(43-39)40(27)31/h3-24H,1-2H3. The van der Waals surface area contributed by atoms with Crippen LogP contribution in [0, 0.1) is 0 Å². The molecule has 0 radical (unpaired) electrons. The fourth-order valence-corrected chi connectivity index (χ4v) is 8.05. The Morgan fingerprint density at radius 1 is 0.500 bits per heavy atom. The van der Waals surface area contributed by atoms with Gasteiger partial charge in [0, 0.05) is 27.1 Å². The second-order valence-electron chi connectivity index (χ2n) is 12.8. The highest BCUT2D eigenvalue weighted by Gasteiger charge is 2.35. The summed E-state index contributed by atoms with van der Waals surface area (Å²) in [6.45, 7) is 4.68. The van der Waals surface area contributed by atoms with E-state index in [1.807, 2.05) is 0 Å². The van der Waals surface area contributed by atoms with Crippen LogP contribution in [0.2, 0.25) is 0 Å². The van der Waals surface area contributed by atoms with Crippen molar-refractivity contribution in [2.75, 3.05) is 0 Å². The average Bonchev–Trinajstić information content (AvgIpc) is 3.65. The van der Waals surface area contributed by atoms with Crippen molar-refractivity contribution in [2.24, 2.45) is 0 Å². The van der Waals surface area contributed by atoms with E-state index in [-0.39, 0.29) is 5.41 Å². The molecule has 0 spiro atoms. The third kappa shape index (κ3) is 3.02. The number of pyridine rings is 1. The van der Waals surface area contributed by atoms with Gasteiger partial charge in [0.1, 0.15) is 5.82 Å². The fraction of sp³-hybridized carbons (Fsp3) is 0.0714. The summed E-state index contributed by atoms with van der Waals surface area (Å²) in [5, 5.41) is 4.96. The zero-order chi connectivity index (χ0) is 29.2. The van der Waals surface area contributed by atoms with Crippen LogP contribution in [-0.2, 0) is 5.41 Å². The Bertz CT molecular complexity index is 2530. The molecule has 0 fully saturated rings. The molecule has 44 heavy (non-hydrogen) atoms. The molecule has 206 valence electrons. The van der Waals surface area contributed by atoms with Crippen molar-refractivity contribution in [3.8, 4) is 50.5 Å². The van der Waals surface area contributed by atoms with Crippen LogP contribution in [0.15, 0.2) is 133 Å². The number of nitrogens with zero attached hydrogens (tertiary/aromatic N) is 2. The molecule has 0 amide bonds. The molecule has 0 unspecified atom stereocenters. The molecule has 0 aliphatic heterocycles. The highest BCUT2D eigenvalue weighted by atomic mass is 15.1. The molecule has 6 aromatic carbocycles. The maximum atomic E-state index is 5.37. The summed E-state index contributed by atoms with van der Waals surface area (Å²) in [6.07, 6.45) is 0. The highest BCUT2D eigenvalue weighted by molar-refractivity contribution is 6.15. The number of hydrogen-bond acceptors (Lipinski definition) is 1. The van der Waals surface area contributed by atoms with Crippen molar-refractivity contribution in [3.63, 3.8) is 0 Å². The summed E-state index contributed by atoms with van der Waals surface area (Å²) in [7, 11) is 0. The molecular formula is C42H28N2. The van der Waals surface area contributed by atoms with Gasteiger partial charge in [-0.15, -0.1) is 0 Å². The normalized spacial score (nSPS) is 13.9. The summed E-state index contributed by atoms with van der Waals surface area (Å²) in [4.78, 5) is 5.37. The molecule has 2 aliphatic rings. The maximum absolute atomic E-state index is 5.37. The van der Waals surface area contributed by atoms with Crippen molar-refractivity contribution < 1.29 is 0 Å². The Labute approximate surface area is 255 Å². The molecule has 2 nitrogen and oxygen atoms in total. The average molecular weight is 561 g/mol. The molecular weight excluding hydrogens is 532 g/mol. The summed E-state index contributed by atoms with van der Waals surface area (Å²) in [5.41, 5.74) is 15.2. The van der Waals surface area contributed by atoms with Gasteiger partial charge < -0.3 is 0 Å². The second-order valence-corrected chi connectivity index (χ2v) is 12.8. The molecule has 10 rings (SSSR count). The number of benzene rings is 6. The van der Waals surface area contributed by atoms with Gasteiger partial charge in [-0.25, -0.2) is 4.98 Å². The Morgan fingerprint density at radius 3 is 2.09 bits per heavy atom. The number of rotatable bonds is 2. The van der Waals surface area contributed by atoms with Gasteiger partial charge in [0.2, 0.25) is 0 Å². The summed E-state index contributed by atoms with van der Waals surface area (Å²) in [6, 6.07) is 49.1. The lowest BCUT2D eigenvalue weighted by Crippen LogP contribution is -2.14. The van der Waals surface area contributed by atoms with Crippen molar-refractivity contribution in [1.29, 1.82) is 0 Å². The van der Waals surface area contributed by atoms with Crippen LogP contribution in [0.25, 0.3) is 83.0 Å². The third-order valence-electron chi connectivity index (χ3n) is 10.1. The van der Waals surface area contributed by atoms with E-state index in [2.05, 4.69) is 152 Å². The first kappa shape index (κ1) is 24.0. The minimum atomic E-state index is 0.0102. The Morgan fingerprint density at radius 2 is 1.18 bits per heavy atom. The van der Waals surface area contributed by atoms with Gasteiger partial charge in [0.25, 0.3) is 0 Å². The van der Waals surface area contributed by atoms with Crippen molar-refractivity contribution in [2.45, 2.75) is 19.3 Å². The zero-order valence-electron chi connectivity index (χ0n) is 24.6. The minimum Gasteiger partial charge on any atom is -0.294 e. The van der Waals surface area contributed by atoms with Crippen molar-refractivity contribution in [1.82, 2.24) is 9.55 Å². The van der Waals surface area contributed by atoms with Gasteiger partial charge in [-0.05, 0) is 80.2 Å². The Hall–Kier alpha value is -5.47. The van der Waals surface area contributed by atoms with Gasteiger partial charge in [-0.1, -0.05) is 117 Å². The predicted octanol–water partition coefficient (Wildman–Crippen LogP) is 11.0. The van der Waals surface area contributed by atoms with E-state index in [1.54, 1.807) is 0 Å². The van der Waals surface area contributed by atoms with Crippen LogP contribution in [0.3, 0.4) is 0 Å². The first-order valence-corrected chi connectivity index (χ1v) is 15.4. The number of aromatic nitrogens is 2. The summed E-state index contributed by atoms with van der Waals surface area (Å²) in [5.74, 6) is 0.955. The van der Waals surface area contributed by atoms with E-state index in [9.17, 15) is 0 Å². The lowest BCUT2D eigenvalue weighted by molar-refractivity contribution is 0.660. The van der Waals surface area contributed by atoms with Crippen LogP contribution < -0.4 is 0 Å². The molecule has 8 aromatic rings. The molecule has 2 heteroatoms. The van der Waals surface area contributed by atoms with E-state index in [4.69, 9.17) is 4.98 Å². The van der Waals surface area contributed by atoms with Gasteiger partial charge in [0.15, 0.2) is 0 Å². The van der Waals surface area contributed by atoms with Crippen LogP contribution in [0.5, 0.6) is 0 Å². The van der Waals surface area contributed by atoms with E-state index in [1.165, 1.54) is 82.6 Å². The van der Waals surface area contributed by atoms with Crippen LogP contribution in [-0.4, -0.2) is 9.55 Å². The predicted molar refractivity (Wildman–Crippen MR) is 184 cm³/mol. The van der Waals surface area contributed by atoms with Crippen LogP contribution in [0.4, 0.5) is 0 Å². The monoisotopic (exact) mass is 560 g/mol. The molecule has 2 heterocycles. The van der Waals surface area contributed by atoms with Crippen LogP contribution in [0.1, 0.15) is 25.0 Å². The van der Waals surface area contributed by atoms with E-state index in [0.717, 1.165) is 11.5 Å². The molecule has 2 aliphatic carbocycles. The first-order chi connectivity index (χ1) is 21.6. The number of hydrogen-bond donors (Lipinski definition) is 0. The zero-order valence-corrected chi connectivity index (χ0v) is 24.6. The SMILES string of the molecule is CC1(C)c2ccccc2-c2cc(-c3ccc4c(c3)c3ccccc3n4-c3cc4cccc5c4c(n3)-c3ccccc3-5)ccc21. The quantitative estimate of drug-likeness (QED) is 0.206. The smallest absolute Gasteiger partial charge is 0.138 e. The molecule has 0 N–H and O–H groups in total. The van der Waals surface area contributed by atoms with E-state index >= 15 is 0 Å². The topological polar surface area (TPSA) is 17.8 Å². The lowest BCUT2D eigenvalue weighted by atomic mass is 9.82. The number of para-hydroxylation sites is 1. The number of fused-ring (bicyclic) bond motifs is 9. The largest absolute Gasteiger partial charge is 0.294 e.